The Labute approximate surface area is 198 Å². The number of nitrogens with zero attached hydrogens (tertiary/aromatic N) is 4. The van der Waals surface area contributed by atoms with E-state index in [2.05, 4.69) is 21.8 Å². The number of rotatable bonds is 10. The van der Waals surface area contributed by atoms with Gasteiger partial charge in [0.1, 0.15) is 11.3 Å². The Morgan fingerprint density at radius 3 is 2.85 bits per heavy atom. The van der Waals surface area contributed by atoms with Gasteiger partial charge in [-0.2, -0.15) is 5.26 Å². The van der Waals surface area contributed by atoms with Crippen LogP contribution in [0.1, 0.15) is 41.5 Å². The zero-order valence-corrected chi connectivity index (χ0v) is 19.3. The van der Waals surface area contributed by atoms with Crippen molar-refractivity contribution in [2.24, 2.45) is 0 Å². The molecule has 4 rings (SSSR count). The lowest BCUT2D eigenvalue weighted by Gasteiger charge is -2.12. The maximum atomic E-state index is 12.3. The van der Waals surface area contributed by atoms with Crippen LogP contribution in [0.15, 0.2) is 48.5 Å². The summed E-state index contributed by atoms with van der Waals surface area (Å²) in [6, 6.07) is 16.6. The fourth-order valence-electron chi connectivity index (χ4n) is 4.00. The Balaban J connectivity index is 1.41. The third-order valence-electron chi connectivity index (χ3n) is 5.69. The largest absolute Gasteiger partial charge is 0.382 e. The Morgan fingerprint density at radius 1 is 1.18 bits per heavy atom. The number of imidazole rings is 1. The van der Waals surface area contributed by atoms with E-state index in [1.165, 1.54) is 0 Å². The highest BCUT2D eigenvalue weighted by Crippen LogP contribution is 2.29. The molecule has 0 atom stereocenters. The molecule has 2 heterocycles. The Hall–Kier alpha value is -3.96. The van der Waals surface area contributed by atoms with Crippen molar-refractivity contribution < 1.29 is 9.53 Å². The van der Waals surface area contributed by atoms with E-state index in [0.29, 0.717) is 43.2 Å². The van der Waals surface area contributed by atoms with E-state index in [1.807, 2.05) is 30.3 Å². The van der Waals surface area contributed by atoms with Crippen LogP contribution in [0.2, 0.25) is 0 Å². The fourth-order valence-corrected chi connectivity index (χ4v) is 4.00. The average molecular weight is 457 g/mol. The van der Waals surface area contributed by atoms with Crippen molar-refractivity contribution in [3.8, 4) is 6.07 Å². The van der Waals surface area contributed by atoms with Crippen molar-refractivity contribution in [3.63, 3.8) is 0 Å². The molecule has 0 unspecified atom stereocenters. The number of anilines is 1. The van der Waals surface area contributed by atoms with Gasteiger partial charge in [0, 0.05) is 30.5 Å². The van der Waals surface area contributed by atoms with Crippen molar-refractivity contribution in [1.82, 2.24) is 19.9 Å². The molecule has 174 valence electrons. The predicted molar refractivity (Wildman–Crippen MR) is 132 cm³/mol. The molecule has 0 saturated carbocycles. The number of carbonyl (C=O) groups excluding carboxylic acids is 1. The molecular weight excluding hydrogens is 428 g/mol. The second kappa shape index (κ2) is 10.8. The number of aromatic nitrogens is 3. The van der Waals surface area contributed by atoms with Crippen LogP contribution in [0.3, 0.4) is 0 Å². The number of para-hydroxylation sites is 1. The molecule has 3 N–H and O–H groups in total. The number of nitrogen functional groups attached to an aromatic ring is 1. The molecule has 0 radical (unpaired) electrons. The van der Waals surface area contributed by atoms with E-state index in [-0.39, 0.29) is 5.91 Å². The van der Waals surface area contributed by atoms with Gasteiger partial charge in [-0.25, -0.2) is 9.97 Å². The second-order valence-electron chi connectivity index (χ2n) is 8.06. The number of nitrogens with two attached hydrogens (primary N) is 1. The zero-order valence-electron chi connectivity index (χ0n) is 19.3. The number of fused-ring (bicyclic) bond motifs is 3. The average Bonchev–Trinajstić information content (AvgIpc) is 3.24. The number of ether oxygens (including phenoxy) is 1. The summed E-state index contributed by atoms with van der Waals surface area (Å²) in [7, 11) is 0. The van der Waals surface area contributed by atoms with Crippen molar-refractivity contribution >= 4 is 33.7 Å². The molecule has 34 heavy (non-hydrogen) atoms. The summed E-state index contributed by atoms with van der Waals surface area (Å²) in [5.41, 5.74) is 9.73. The third kappa shape index (κ3) is 5.00. The minimum absolute atomic E-state index is 0.224. The summed E-state index contributed by atoms with van der Waals surface area (Å²) in [5.74, 6) is 1.20. The van der Waals surface area contributed by atoms with Crippen LogP contribution in [0.4, 0.5) is 5.82 Å². The topological polar surface area (TPSA) is 119 Å². The summed E-state index contributed by atoms with van der Waals surface area (Å²) < 4.78 is 8.02. The summed E-state index contributed by atoms with van der Waals surface area (Å²) in [4.78, 5) is 21.6. The minimum atomic E-state index is -0.224. The van der Waals surface area contributed by atoms with E-state index in [4.69, 9.17) is 20.7 Å². The summed E-state index contributed by atoms with van der Waals surface area (Å²) >= 11 is 0. The van der Waals surface area contributed by atoms with Gasteiger partial charge >= 0.3 is 0 Å². The number of hydrogen-bond acceptors (Lipinski definition) is 6. The first kappa shape index (κ1) is 23.2. The maximum absolute atomic E-state index is 12.3. The van der Waals surface area contributed by atoms with Gasteiger partial charge in [-0.1, -0.05) is 37.6 Å². The maximum Gasteiger partial charge on any atom is 0.251 e. The van der Waals surface area contributed by atoms with Gasteiger partial charge in [-0.05, 0) is 30.7 Å². The normalized spacial score (nSPS) is 11.1. The van der Waals surface area contributed by atoms with Gasteiger partial charge in [0.25, 0.3) is 5.91 Å². The predicted octanol–water partition coefficient (Wildman–Crippen LogP) is 3.83. The number of pyridine rings is 1. The molecular formula is C26H28N6O2. The third-order valence-corrected chi connectivity index (χ3v) is 5.69. The molecule has 2 aromatic heterocycles. The quantitative estimate of drug-likeness (QED) is 0.350. The summed E-state index contributed by atoms with van der Waals surface area (Å²) in [5, 5.41) is 12.8. The number of aryl methyl sites for hydroxylation is 1. The number of nitrogens with one attached hydrogen (secondary N) is 1. The van der Waals surface area contributed by atoms with Gasteiger partial charge in [0.2, 0.25) is 0 Å². The summed E-state index contributed by atoms with van der Waals surface area (Å²) in [6.45, 7) is 4.02. The van der Waals surface area contributed by atoms with E-state index < -0.39 is 0 Å². The van der Waals surface area contributed by atoms with Crippen LogP contribution in [0.25, 0.3) is 21.9 Å². The highest BCUT2D eigenvalue weighted by molar-refractivity contribution is 6.06. The van der Waals surface area contributed by atoms with Gasteiger partial charge in [-0.15, -0.1) is 0 Å². The molecule has 0 fully saturated rings. The molecule has 8 heteroatoms. The number of carbonyl (C=O) groups is 1. The van der Waals surface area contributed by atoms with Crippen LogP contribution in [-0.2, 0) is 17.7 Å². The standard InChI is InChI=1S/C26H28N6O2/c1-2-3-11-22-31-23-24(20-9-4-5-10-21(20)30-25(23)28)32(22)13-15-34-14-12-29-26(33)19-8-6-7-18(16-19)17-27/h4-10,16H,2-3,11-15H2,1H3,(H2,28,30)(H,29,33). The first-order valence-corrected chi connectivity index (χ1v) is 11.5. The van der Waals surface area contributed by atoms with Crippen LogP contribution < -0.4 is 11.1 Å². The smallest absolute Gasteiger partial charge is 0.251 e. The SMILES string of the molecule is CCCCc1nc2c(N)nc3ccccc3c2n1CCOCCNC(=O)c1cccc(C#N)c1. The van der Waals surface area contributed by atoms with Gasteiger partial charge < -0.3 is 20.4 Å². The van der Waals surface area contributed by atoms with Crippen molar-refractivity contribution in [3.05, 3.63) is 65.5 Å². The molecule has 0 spiro atoms. The Morgan fingerprint density at radius 2 is 2.03 bits per heavy atom. The van der Waals surface area contributed by atoms with E-state index in [1.54, 1.807) is 24.3 Å². The highest BCUT2D eigenvalue weighted by Gasteiger charge is 2.17. The number of benzene rings is 2. The number of nitriles is 1. The lowest BCUT2D eigenvalue weighted by molar-refractivity contribution is 0.0908. The molecule has 2 aromatic carbocycles. The van der Waals surface area contributed by atoms with Gasteiger partial charge in [0.05, 0.1) is 35.9 Å². The van der Waals surface area contributed by atoms with Crippen molar-refractivity contribution in [1.29, 1.82) is 5.26 Å². The highest BCUT2D eigenvalue weighted by atomic mass is 16.5. The van der Waals surface area contributed by atoms with Gasteiger partial charge in [-0.3, -0.25) is 4.79 Å². The molecule has 0 saturated heterocycles. The van der Waals surface area contributed by atoms with E-state index in [0.717, 1.165) is 47.0 Å². The van der Waals surface area contributed by atoms with E-state index in [9.17, 15) is 4.79 Å². The Kier molecular flexibility index (Phi) is 7.35. The molecule has 0 aliphatic heterocycles. The van der Waals surface area contributed by atoms with Crippen LogP contribution >= 0.6 is 0 Å². The van der Waals surface area contributed by atoms with Crippen LogP contribution in [-0.4, -0.2) is 40.2 Å². The van der Waals surface area contributed by atoms with E-state index >= 15 is 0 Å². The molecule has 0 aliphatic carbocycles. The summed E-state index contributed by atoms with van der Waals surface area (Å²) in [6.07, 6.45) is 2.97. The Bertz CT molecular complexity index is 1350. The van der Waals surface area contributed by atoms with Gasteiger partial charge in [0.15, 0.2) is 5.82 Å². The number of unbranched alkanes of at least 4 members (excludes halogenated alkanes) is 1. The molecule has 4 aromatic rings. The first-order valence-electron chi connectivity index (χ1n) is 11.5. The zero-order chi connectivity index (χ0) is 23.9. The fraction of sp³-hybridized carbons (Fsp3) is 0.308. The number of hydrogen-bond donors (Lipinski definition) is 2. The minimum Gasteiger partial charge on any atom is -0.382 e. The monoisotopic (exact) mass is 456 g/mol. The van der Waals surface area contributed by atoms with Crippen molar-refractivity contribution in [2.45, 2.75) is 32.7 Å². The lowest BCUT2D eigenvalue weighted by atomic mass is 10.1. The van der Waals surface area contributed by atoms with Crippen LogP contribution in [0.5, 0.6) is 0 Å². The lowest BCUT2D eigenvalue weighted by Crippen LogP contribution is -2.27. The van der Waals surface area contributed by atoms with Crippen molar-refractivity contribution in [2.75, 3.05) is 25.5 Å². The second-order valence-corrected chi connectivity index (χ2v) is 8.06. The molecule has 1 amide bonds. The molecule has 0 bridgehead atoms. The molecule has 8 nitrogen and oxygen atoms in total. The van der Waals surface area contributed by atoms with Crippen LogP contribution in [0, 0.1) is 11.3 Å². The molecule has 0 aliphatic rings. The first-order chi connectivity index (χ1) is 16.6. The number of amides is 1.